The summed E-state index contributed by atoms with van der Waals surface area (Å²) in [6.07, 6.45) is 8.57. The average molecular weight is 386 g/mol. The molecule has 0 bridgehead atoms. The van der Waals surface area contributed by atoms with Crippen LogP contribution in [-0.2, 0) is 31.2 Å². The van der Waals surface area contributed by atoms with E-state index in [1.165, 1.54) is 24.1 Å². The van der Waals surface area contributed by atoms with E-state index in [0.29, 0.717) is 12.1 Å². The van der Waals surface area contributed by atoms with Crippen molar-refractivity contribution < 1.29 is 4.79 Å². The average Bonchev–Trinajstić information content (AvgIpc) is 3.08. The van der Waals surface area contributed by atoms with Crippen LogP contribution in [0.3, 0.4) is 0 Å². The lowest BCUT2D eigenvalue weighted by molar-refractivity contribution is -0.117. The number of nitrogens with zero attached hydrogens (tertiary/aromatic N) is 4. The minimum Gasteiger partial charge on any atom is -0.315 e. The third-order valence-electron chi connectivity index (χ3n) is 5.23. The Bertz CT molecular complexity index is 861. The minimum atomic E-state index is -0.0789. The second kappa shape index (κ2) is 8.68. The molecule has 27 heavy (non-hydrogen) atoms. The first kappa shape index (κ1) is 19.6. The van der Waals surface area contributed by atoms with E-state index in [-0.39, 0.29) is 12.5 Å². The Labute approximate surface area is 164 Å². The number of aromatic nitrogens is 2. The quantitative estimate of drug-likeness (QED) is 0.856. The van der Waals surface area contributed by atoms with Crippen LogP contribution in [0.25, 0.3) is 0 Å². The van der Waals surface area contributed by atoms with Crippen molar-refractivity contribution in [1.82, 2.24) is 14.7 Å². The molecule has 0 unspecified atom stereocenters. The van der Waals surface area contributed by atoms with Crippen molar-refractivity contribution in [2.75, 3.05) is 18.9 Å². The van der Waals surface area contributed by atoms with Crippen molar-refractivity contribution >= 4 is 22.2 Å². The van der Waals surface area contributed by atoms with Crippen molar-refractivity contribution in [1.29, 1.82) is 5.26 Å². The molecule has 0 atom stereocenters. The number of rotatable bonds is 5. The van der Waals surface area contributed by atoms with E-state index >= 15 is 0 Å². The van der Waals surface area contributed by atoms with Crippen molar-refractivity contribution in [3.8, 4) is 6.07 Å². The summed E-state index contributed by atoms with van der Waals surface area (Å²) >= 11 is 1.59. The fraction of sp³-hybridized carbons (Fsp3) is 0.550. The molecule has 6 nitrogen and oxygen atoms in total. The molecule has 1 aliphatic carbocycles. The highest BCUT2D eigenvalue weighted by Gasteiger charge is 2.21. The van der Waals surface area contributed by atoms with Crippen molar-refractivity contribution in [3.05, 3.63) is 33.5 Å². The van der Waals surface area contributed by atoms with Crippen molar-refractivity contribution in [2.45, 2.75) is 52.0 Å². The van der Waals surface area contributed by atoms with Gasteiger partial charge in [-0.2, -0.15) is 10.4 Å². The van der Waals surface area contributed by atoms with Gasteiger partial charge in [-0.25, -0.2) is 0 Å². The van der Waals surface area contributed by atoms with Gasteiger partial charge < -0.3 is 5.32 Å². The lowest BCUT2D eigenvalue weighted by Gasteiger charge is -2.15. The predicted molar refractivity (Wildman–Crippen MR) is 108 cm³/mol. The Morgan fingerprint density at radius 2 is 2.11 bits per heavy atom. The zero-order chi connectivity index (χ0) is 19.4. The van der Waals surface area contributed by atoms with Gasteiger partial charge in [0, 0.05) is 29.7 Å². The fourth-order valence-electron chi connectivity index (χ4n) is 3.58. The highest BCUT2D eigenvalue weighted by Crippen LogP contribution is 2.36. The normalized spacial score (nSPS) is 14.3. The number of hydrogen-bond donors (Lipinski definition) is 1. The highest BCUT2D eigenvalue weighted by molar-refractivity contribution is 7.16. The number of nitrogens with one attached hydrogen (secondary N) is 1. The van der Waals surface area contributed by atoms with E-state index in [1.807, 2.05) is 36.8 Å². The van der Waals surface area contributed by atoms with E-state index in [2.05, 4.69) is 16.5 Å². The van der Waals surface area contributed by atoms with Crippen molar-refractivity contribution in [3.63, 3.8) is 0 Å². The Morgan fingerprint density at radius 1 is 1.37 bits per heavy atom. The largest absolute Gasteiger partial charge is 0.315 e. The SMILES string of the molecule is Cc1c(CN(C)CC(=O)Nc2sc3c(c2C#N)CCCCCC3)cnn1C. The number of carbonyl (C=O) groups is 1. The predicted octanol–water partition coefficient (Wildman–Crippen LogP) is 3.39. The number of amides is 1. The number of hydrogen-bond acceptors (Lipinski definition) is 5. The molecule has 0 fully saturated rings. The van der Waals surface area contributed by atoms with Crippen molar-refractivity contribution in [2.24, 2.45) is 7.05 Å². The van der Waals surface area contributed by atoms with Gasteiger partial charge in [0.25, 0.3) is 0 Å². The minimum absolute atomic E-state index is 0.0789. The van der Waals surface area contributed by atoms with Gasteiger partial charge in [0.05, 0.1) is 18.3 Å². The molecule has 0 aliphatic heterocycles. The van der Waals surface area contributed by atoms with Crippen LogP contribution in [0, 0.1) is 18.3 Å². The molecule has 1 aliphatic rings. The molecule has 0 aromatic carbocycles. The second-order valence-corrected chi connectivity index (χ2v) is 8.44. The molecule has 2 aromatic heterocycles. The third-order valence-corrected chi connectivity index (χ3v) is 6.43. The number of thiophene rings is 1. The molecule has 2 aromatic rings. The van der Waals surface area contributed by atoms with E-state index in [1.54, 1.807) is 11.3 Å². The summed E-state index contributed by atoms with van der Waals surface area (Å²) in [4.78, 5) is 15.8. The van der Waals surface area contributed by atoms with Gasteiger partial charge in [-0.15, -0.1) is 11.3 Å². The van der Waals surface area contributed by atoms with Crippen LogP contribution >= 0.6 is 11.3 Å². The summed E-state index contributed by atoms with van der Waals surface area (Å²) in [6.45, 7) is 2.97. The number of carbonyl (C=O) groups excluding carboxylic acids is 1. The number of nitriles is 1. The zero-order valence-electron chi connectivity index (χ0n) is 16.3. The molecule has 7 heteroatoms. The lowest BCUT2D eigenvalue weighted by Crippen LogP contribution is -2.30. The maximum Gasteiger partial charge on any atom is 0.239 e. The lowest BCUT2D eigenvalue weighted by atomic mass is 9.97. The molecule has 1 amide bonds. The summed E-state index contributed by atoms with van der Waals surface area (Å²) in [7, 11) is 3.84. The number of fused-ring (bicyclic) bond motifs is 1. The van der Waals surface area contributed by atoms with Crippen LogP contribution in [0.4, 0.5) is 5.00 Å². The fourth-order valence-corrected chi connectivity index (χ4v) is 4.84. The number of aryl methyl sites for hydroxylation is 2. The van der Waals surface area contributed by atoms with Gasteiger partial charge in [-0.3, -0.25) is 14.4 Å². The first-order valence-electron chi connectivity index (χ1n) is 9.50. The molecule has 1 N–H and O–H groups in total. The summed E-state index contributed by atoms with van der Waals surface area (Å²) < 4.78 is 1.84. The first-order valence-corrected chi connectivity index (χ1v) is 10.3. The van der Waals surface area contributed by atoms with E-state index in [4.69, 9.17) is 0 Å². The molecule has 144 valence electrons. The molecular formula is C20H27N5OS. The Kier molecular flexibility index (Phi) is 6.30. The maximum atomic E-state index is 12.5. The molecule has 0 spiro atoms. The number of anilines is 1. The van der Waals surface area contributed by atoms with Gasteiger partial charge in [-0.1, -0.05) is 12.8 Å². The highest BCUT2D eigenvalue weighted by atomic mass is 32.1. The Balaban J connectivity index is 1.66. The van der Waals surface area contributed by atoms with Crippen LogP contribution in [0.5, 0.6) is 0 Å². The van der Waals surface area contributed by atoms with Gasteiger partial charge >= 0.3 is 0 Å². The van der Waals surface area contributed by atoms with Gasteiger partial charge in [0.15, 0.2) is 0 Å². The topological polar surface area (TPSA) is 74.0 Å². The molecule has 0 saturated carbocycles. The van der Waals surface area contributed by atoms with Crippen LogP contribution in [0.15, 0.2) is 6.20 Å². The van der Waals surface area contributed by atoms with E-state index in [9.17, 15) is 10.1 Å². The summed E-state index contributed by atoms with van der Waals surface area (Å²) in [5.74, 6) is -0.0789. The molecule has 2 heterocycles. The van der Waals surface area contributed by atoms with Crippen LogP contribution in [0.2, 0.25) is 0 Å². The monoisotopic (exact) mass is 385 g/mol. The summed E-state index contributed by atoms with van der Waals surface area (Å²) in [5.41, 5.74) is 4.06. The van der Waals surface area contributed by atoms with Crippen LogP contribution < -0.4 is 5.32 Å². The second-order valence-electron chi connectivity index (χ2n) is 7.33. The van der Waals surface area contributed by atoms with E-state index in [0.717, 1.165) is 41.1 Å². The summed E-state index contributed by atoms with van der Waals surface area (Å²) in [6, 6.07) is 2.33. The molecule has 3 rings (SSSR count). The molecular weight excluding hydrogens is 358 g/mol. The third kappa shape index (κ3) is 4.57. The Hall–Kier alpha value is -2.17. The Morgan fingerprint density at radius 3 is 2.78 bits per heavy atom. The molecule has 0 radical (unpaired) electrons. The van der Waals surface area contributed by atoms with Crippen LogP contribution in [0.1, 0.15) is 52.9 Å². The maximum absolute atomic E-state index is 12.5. The first-order chi connectivity index (χ1) is 13.0. The van der Waals surface area contributed by atoms with E-state index < -0.39 is 0 Å². The molecule has 0 saturated heterocycles. The summed E-state index contributed by atoms with van der Waals surface area (Å²) in [5, 5.41) is 17.6. The smallest absolute Gasteiger partial charge is 0.239 e. The van der Waals surface area contributed by atoms with Crippen LogP contribution in [-0.4, -0.2) is 34.2 Å². The number of likely N-dealkylation sites (N-methyl/N-ethyl adjacent to an activating group) is 1. The van der Waals surface area contributed by atoms with Gasteiger partial charge in [0.1, 0.15) is 11.1 Å². The van der Waals surface area contributed by atoms with Gasteiger partial charge in [0.2, 0.25) is 5.91 Å². The zero-order valence-corrected chi connectivity index (χ0v) is 17.2. The van der Waals surface area contributed by atoms with Gasteiger partial charge in [-0.05, 0) is 45.2 Å². The standard InChI is InChI=1S/C20H27N5OS/c1-14-15(11-22-25(14)3)12-24(2)13-19(26)23-20-17(10-21)16-8-6-4-5-7-9-18(16)27-20/h11H,4-9,12-13H2,1-3H3,(H,23,26).